The van der Waals surface area contributed by atoms with Gasteiger partial charge in [0.1, 0.15) is 12.4 Å². The SMILES string of the molecule is O=C1NC(=O)C(c2c(-c3ccc(OCc4cccc5ccccc45)cc3)[nH]c3ccccc23)=C1Br. The third-order valence-electron chi connectivity index (χ3n) is 6.25. The number of imide groups is 1. The number of fused-ring (bicyclic) bond motifs is 2. The van der Waals surface area contributed by atoms with Gasteiger partial charge in [0.15, 0.2) is 0 Å². The number of para-hydroxylation sites is 1. The summed E-state index contributed by atoms with van der Waals surface area (Å²) >= 11 is 3.31. The van der Waals surface area contributed by atoms with Gasteiger partial charge in [0.2, 0.25) is 0 Å². The predicted octanol–water partition coefficient (Wildman–Crippen LogP) is 6.33. The van der Waals surface area contributed by atoms with Crippen molar-refractivity contribution in [2.75, 3.05) is 0 Å². The summed E-state index contributed by atoms with van der Waals surface area (Å²) in [5.74, 6) is -0.102. The number of hydrogen-bond donors (Lipinski definition) is 2. The molecule has 1 aliphatic heterocycles. The van der Waals surface area contributed by atoms with E-state index in [1.807, 2.05) is 66.7 Å². The third-order valence-corrected chi connectivity index (χ3v) is 7.00. The molecule has 0 saturated carbocycles. The number of benzene rings is 4. The molecule has 0 aliphatic carbocycles. The zero-order chi connectivity index (χ0) is 23.9. The second kappa shape index (κ2) is 8.56. The standard InChI is InChI=1S/C29H19BrN2O3/c30-26-25(28(33)32-29(26)34)24-22-10-3-4-11-23(22)31-27(24)18-12-14-20(15-13-18)35-16-19-8-5-7-17-6-1-2-9-21(17)19/h1-15,31H,16H2,(H,32,33,34). The Morgan fingerprint density at radius 3 is 2.23 bits per heavy atom. The Kier molecular flexibility index (Phi) is 5.23. The van der Waals surface area contributed by atoms with Crippen LogP contribution in [0.1, 0.15) is 11.1 Å². The molecule has 6 heteroatoms. The molecule has 0 saturated heterocycles. The van der Waals surface area contributed by atoms with Crippen LogP contribution >= 0.6 is 15.9 Å². The van der Waals surface area contributed by atoms with Gasteiger partial charge in [-0.25, -0.2) is 0 Å². The van der Waals surface area contributed by atoms with E-state index < -0.39 is 11.8 Å². The zero-order valence-corrected chi connectivity index (χ0v) is 20.1. The lowest BCUT2D eigenvalue weighted by atomic mass is 9.98. The van der Waals surface area contributed by atoms with Gasteiger partial charge in [0.25, 0.3) is 11.8 Å². The molecular weight excluding hydrogens is 504 g/mol. The Balaban J connectivity index is 1.35. The number of carbonyl (C=O) groups is 2. The van der Waals surface area contributed by atoms with Gasteiger partial charge < -0.3 is 9.72 Å². The highest BCUT2D eigenvalue weighted by molar-refractivity contribution is 9.12. The topological polar surface area (TPSA) is 71.2 Å². The zero-order valence-electron chi connectivity index (χ0n) is 18.5. The summed E-state index contributed by atoms with van der Waals surface area (Å²) in [5.41, 5.74) is 4.68. The minimum atomic E-state index is -0.432. The van der Waals surface area contributed by atoms with Gasteiger partial charge in [0.05, 0.1) is 15.7 Å². The van der Waals surface area contributed by atoms with Crippen LogP contribution in [0.25, 0.3) is 38.5 Å². The number of nitrogens with one attached hydrogen (secondary N) is 2. The first-order valence-electron chi connectivity index (χ1n) is 11.2. The first-order chi connectivity index (χ1) is 17.1. The van der Waals surface area contributed by atoms with Crippen molar-refractivity contribution in [3.05, 3.63) is 107 Å². The molecule has 6 rings (SSSR count). The molecule has 0 fully saturated rings. The monoisotopic (exact) mass is 522 g/mol. The molecule has 2 heterocycles. The first-order valence-corrected chi connectivity index (χ1v) is 12.0. The molecule has 0 radical (unpaired) electrons. The van der Waals surface area contributed by atoms with Crippen LogP contribution in [-0.2, 0) is 16.2 Å². The Hall–Kier alpha value is -4.16. The smallest absolute Gasteiger partial charge is 0.265 e. The molecule has 5 aromatic rings. The van der Waals surface area contributed by atoms with Crippen molar-refractivity contribution < 1.29 is 14.3 Å². The first kappa shape index (κ1) is 21.4. The van der Waals surface area contributed by atoms with Gasteiger partial charge in [0, 0.05) is 16.5 Å². The van der Waals surface area contributed by atoms with Gasteiger partial charge in [-0.3, -0.25) is 14.9 Å². The number of amides is 2. The fourth-order valence-corrected chi connectivity index (χ4v) is 5.05. The van der Waals surface area contributed by atoms with Gasteiger partial charge in [-0.15, -0.1) is 0 Å². The van der Waals surface area contributed by atoms with Crippen LogP contribution in [0.5, 0.6) is 5.75 Å². The number of ether oxygens (including phenoxy) is 1. The van der Waals surface area contributed by atoms with E-state index in [0.29, 0.717) is 17.7 Å². The van der Waals surface area contributed by atoms with Crippen LogP contribution in [0.2, 0.25) is 0 Å². The number of H-pyrrole nitrogens is 1. The molecule has 2 amide bonds. The number of hydrogen-bond acceptors (Lipinski definition) is 3. The predicted molar refractivity (Wildman–Crippen MR) is 141 cm³/mol. The highest BCUT2D eigenvalue weighted by Crippen LogP contribution is 2.40. The molecule has 2 N–H and O–H groups in total. The lowest BCUT2D eigenvalue weighted by Gasteiger charge is -2.10. The Morgan fingerprint density at radius 1 is 0.743 bits per heavy atom. The van der Waals surface area contributed by atoms with E-state index >= 15 is 0 Å². The number of aromatic nitrogens is 1. The van der Waals surface area contributed by atoms with Crippen molar-refractivity contribution in [3.8, 4) is 17.0 Å². The molecule has 0 bridgehead atoms. The second-order valence-corrected chi connectivity index (χ2v) is 9.14. The Labute approximate surface area is 209 Å². The number of rotatable bonds is 5. The number of carbonyl (C=O) groups excluding carboxylic acids is 2. The van der Waals surface area contributed by atoms with E-state index in [4.69, 9.17) is 4.74 Å². The van der Waals surface area contributed by atoms with Gasteiger partial charge in [-0.1, -0.05) is 60.7 Å². The minimum Gasteiger partial charge on any atom is -0.489 e. The summed E-state index contributed by atoms with van der Waals surface area (Å²) in [7, 11) is 0. The van der Waals surface area contributed by atoms with Crippen LogP contribution in [0, 0.1) is 0 Å². The maximum atomic E-state index is 12.6. The van der Waals surface area contributed by atoms with Gasteiger partial charge in [-0.05, 0) is 68.2 Å². The van der Waals surface area contributed by atoms with E-state index in [0.717, 1.165) is 33.5 Å². The van der Waals surface area contributed by atoms with E-state index in [1.54, 1.807) is 0 Å². The quantitative estimate of drug-likeness (QED) is 0.265. The lowest BCUT2D eigenvalue weighted by Crippen LogP contribution is -2.22. The van der Waals surface area contributed by atoms with Crippen molar-refractivity contribution in [2.45, 2.75) is 6.61 Å². The molecular formula is C29H19BrN2O3. The molecule has 4 aromatic carbocycles. The fourth-order valence-electron chi connectivity index (χ4n) is 4.57. The van der Waals surface area contributed by atoms with E-state index in [2.05, 4.69) is 50.5 Å². The maximum absolute atomic E-state index is 12.6. The van der Waals surface area contributed by atoms with Crippen molar-refractivity contribution in [3.63, 3.8) is 0 Å². The van der Waals surface area contributed by atoms with Crippen molar-refractivity contribution in [1.29, 1.82) is 0 Å². The molecule has 0 unspecified atom stereocenters. The van der Waals surface area contributed by atoms with Crippen LogP contribution < -0.4 is 10.1 Å². The van der Waals surface area contributed by atoms with Crippen LogP contribution in [-0.4, -0.2) is 16.8 Å². The average molecular weight is 523 g/mol. The van der Waals surface area contributed by atoms with Crippen LogP contribution in [0.4, 0.5) is 0 Å². The Morgan fingerprint density at radius 2 is 1.46 bits per heavy atom. The second-order valence-electron chi connectivity index (χ2n) is 8.34. The molecule has 5 nitrogen and oxygen atoms in total. The lowest BCUT2D eigenvalue weighted by molar-refractivity contribution is -0.123. The van der Waals surface area contributed by atoms with Gasteiger partial charge >= 0.3 is 0 Å². The number of aromatic amines is 1. The normalized spacial score (nSPS) is 13.6. The third kappa shape index (κ3) is 3.72. The molecule has 170 valence electrons. The van der Waals surface area contributed by atoms with E-state index in [9.17, 15) is 9.59 Å². The van der Waals surface area contributed by atoms with E-state index in [-0.39, 0.29) is 4.48 Å². The summed E-state index contributed by atoms with van der Waals surface area (Å²) in [6, 6.07) is 29.9. The van der Waals surface area contributed by atoms with Gasteiger partial charge in [-0.2, -0.15) is 0 Å². The summed E-state index contributed by atoms with van der Waals surface area (Å²) in [6.45, 7) is 0.459. The average Bonchev–Trinajstić information content (AvgIpc) is 3.38. The molecule has 0 atom stereocenters. The summed E-state index contributed by atoms with van der Waals surface area (Å²) < 4.78 is 6.33. The largest absolute Gasteiger partial charge is 0.489 e. The molecule has 1 aromatic heterocycles. The highest BCUT2D eigenvalue weighted by Gasteiger charge is 2.33. The molecule has 35 heavy (non-hydrogen) atoms. The molecule has 0 spiro atoms. The van der Waals surface area contributed by atoms with Crippen molar-refractivity contribution in [1.82, 2.24) is 10.3 Å². The van der Waals surface area contributed by atoms with E-state index in [1.165, 1.54) is 10.8 Å². The summed E-state index contributed by atoms with van der Waals surface area (Å²) in [5, 5.41) is 5.60. The van der Waals surface area contributed by atoms with Crippen molar-refractivity contribution >= 4 is 55.0 Å². The highest BCUT2D eigenvalue weighted by atomic mass is 79.9. The fraction of sp³-hybridized carbons (Fsp3) is 0.0345. The minimum absolute atomic E-state index is 0.239. The van der Waals surface area contributed by atoms with Crippen LogP contribution in [0.3, 0.4) is 0 Å². The summed E-state index contributed by atoms with van der Waals surface area (Å²) in [4.78, 5) is 28.2. The molecule has 1 aliphatic rings. The number of halogens is 1. The summed E-state index contributed by atoms with van der Waals surface area (Å²) in [6.07, 6.45) is 0. The van der Waals surface area contributed by atoms with Crippen LogP contribution in [0.15, 0.2) is 95.5 Å². The van der Waals surface area contributed by atoms with Crippen molar-refractivity contribution in [2.24, 2.45) is 0 Å². The Bertz CT molecular complexity index is 1660. The maximum Gasteiger partial charge on any atom is 0.265 e.